The predicted molar refractivity (Wildman–Crippen MR) is 64.3 cm³/mol. The number of anilines is 1. The minimum atomic E-state index is -0.369. The van der Waals surface area contributed by atoms with Crippen LogP contribution in [0.4, 0.5) is 10.5 Å². The van der Waals surface area contributed by atoms with Crippen LogP contribution in [-0.4, -0.2) is 26.9 Å². The normalized spacial score (nSPS) is 18.5. The standard InChI is InChI=1S/C12H16N2O3/c1-16-8-3-4-9-10(13)5-6-14(11(9)7-8)12(15)17-2/h3-4,7,10H,5-6,13H2,1-2H3. The van der Waals surface area contributed by atoms with Gasteiger partial charge in [-0.1, -0.05) is 6.07 Å². The molecule has 1 aromatic rings. The summed E-state index contributed by atoms with van der Waals surface area (Å²) in [5.74, 6) is 0.701. The number of nitrogens with zero attached hydrogens (tertiary/aromatic N) is 1. The number of fused-ring (bicyclic) bond motifs is 1. The van der Waals surface area contributed by atoms with Crippen molar-refractivity contribution < 1.29 is 14.3 Å². The highest BCUT2D eigenvalue weighted by atomic mass is 16.5. The van der Waals surface area contributed by atoms with Crippen molar-refractivity contribution in [3.8, 4) is 5.75 Å². The van der Waals surface area contributed by atoms with E-state index < -0.39 is 0 Å². The number of carbonyl (C=O) groups is 1. The molecule has 1 atom stereocenters. The van der Waals surface area contributed by atoms with Crippen molar-refractivity contribution in [1.82, 2.24) is 0 Å². The monoisotopic (exact) mass is 236 g/mol. The number of amides is 1. The Labute approximate surface area is 100 Å². The first-order chi connectivity index (χ1) is 8.17. The van der Waals surface area contributed by atoms with Crippen LogP contribution in [0.5, 0.6) is 5.75 Å². The molecular formula is C12H16N2O3. The van der Waals surface area contributed by atoms with Gasteiger partial charge in [0.15, 0.2) is 0 Å². The van der Waals surface area contributed by atoms with Crippen molar-refractivity contribution in [2.45, 2.75) is 12.5 Å². The molecule has 1 aliphatic heterocycles. The second-order valence-corrected chi connectivity index (χ2v) is 3.94. The Bertz CT molecular complexity index is 434. The summed E-state index contributed by atoms with van der Waals surface area (Å²) in [4.78, 5) is 13.2. The molecule has 1 amide bonds. The van der Waals surface area contributed by atoms with E-state index in [0.29, 0.717) is 12.3 Å². The molecule has 1 aliphatic rings. The zero-order valence-electron chi connectivity index (χ0n) is 9.97. The molecule has 17 heavy (non-hydrogen) atoms. The maximum Gasteiger partial charge on any atom is 0.414 e. The van der Waals surface area contributed by atoms with E-state index >= 15 is 0 Å². The molecule has 92 valence electrons. The number of benzene rings is 1. The number of nitrogens with two attached hydrogens (primary N) is 1. The molecule has 5 heteroatoms. The molecule has 2 rings (SSSR count). The molecule has 1 heterocycles. The van der Waals surface area contributed by atoms with Crippen molar-refractivity contribution in [3.63, 3.8) is 0 Å². The molecule has 5 nitrogen and oxygen atoms in total. The van der Waals surface area contributed by atoms with Crippen LogP contribution < -0.4 is 15.4 Å². The Morgan fingerprint density at radius 1 is 1.47 bits per heavy atom. The van der Waals surface area contributed by atoms with Crippen LogP contribution in [0.25, 0.3) is 0 Å². The lowest BCUT2D eigenvalue weighted by Gasteiger charge is -2.31. The van der Waals surface area contributed by atoms with Gasteiger partial charge in [-0.25, -0.2) is 4.79 Å². The Morgan fingerprint density at radius 2 is 2.24 bits per heavy atom. The van der Waals surface area contributed by atoms with Gasteiger partial charge in [0, 0.05) is 18.7 Å². The van der Waals surface area contributed by atoms with Gasteiger partial charge in [0.2, 0.25) is 0 Å². The van der Waals surface area contributed by atoms with E-state index in [0.717, 1.165) is 17.7 Å². The van der Waals surface area contributed by atoms with E-state index in [-0.39, 0.29) is 12.1 Å². The molecule has 2 N–H and O–H groups in total. The fraction of sp³-hybridized carbons (Fsp3) is 0.417. The molecule has 0 fully saturated rings. The lowest BCUT2D eigenvalue weighted by Crippen LogP contribution is -2.38. The highest BCUT2D eigenvalue weighted by molar-refractivity contribution is 5.89. The zero-order chi connectivity index (χ0) is 12.4. The lowest BCUT2D eigenvalue weighted by atomic mass is 9.97. The first kappa shape index (κ1) is 11.7. The first-order valence-corrected chi connectivity index (χ1v) is 5.46. The van der Waals surface area contributed by atoms with Crippen molar-refractivity contribution in [2.24, 2.45) is 5.73 Å². The van der Waals surface area contributed by atoms with E-state index in [1.165, 1.54) is 7.11 Å². The zero-order valence-corrected chi connectivity index (χ0v) is 9.97. The summed E-state index contributed by atoms with van der Waals surface area (Å²) in [6.07, 6.45) is 0.362. The highest BCUT2D eigenvalue weighted by Gasteiger charge is 2.27. The largest absolute Gasteiger partial charge is 0.497 e. The van der Waals surface area contributed by atoms with Gasteiger partial charge >= 0.3 is 6.09 Å². The maximum absolute atomic E-state index is 11.7. The summed E-state index contributed by atoms with van der Waals surface area (Å²) in [6, 6.07) is 5.51. The van der Waals surface area contributed by atoms with Crippen LogP contribution in [0.3, 0.4) is 0 Å². The fourth-order valence-corrected chi connectivity index (χ4v) is 2.04. The van der Waals surface area contributed by atoms with E-state index in [2.05, 4.69) is 0 Å². The fourth-order valence-electron chi connectivity index (χ4n) is 2.04. The molecule has 0 saturated heterocycles. The highest BCUT2D eigenvalue weighted by Crippen LogP contribution is 2.35. The van der Waals surface area contributed by atoms with Crippen molar-refractivity contribution >= 4 is 11.8 Å². The molecule has 0 aromatic heterocycles. The van der Waals surface area contributed by atoms with Crippen molar-refractivity contribution in [3.05, 3.63) is 23.8 Å². The topological polar surface area (TPSA) is 64.8 Å². The van der Waals surface area contributed by atoms with Crippen LogP contribution in [-0.2, 0) is 4.74 Å². The first-order valence-electron chi connectivity index (χ1n) is 5.46. The molecule has 0 spiro atoms. The van der Waals surface area contributed by atoms with E-state index in [1.807, 2.05) is 18.2 Å². The van der Waals surface area contributed by atoms with Gasteiger partial charge in [0.05, 0.1) is 19.9 Å². The van der Waals surface area contributed by atoms with E-state index in [4.69, 9.17) is 15.2 Å². The third kappa shape index (κ3) is 2.06. The minimum Gasteiger partial charge on any atom is -0.497 e. The third-order valence-electron chi connectivity index (χ3n) is 2.99. The number of hydrogen-bond acceptors (Lipinski definition) is 4. The van der Waals surface area contributed by atoms with Crippen LogP contribution in [0.1, 0.15) is 18.0 Å². The summed E-state index contributed by atoms with van der Waals surface area (Å²) in [6.45, 7) is 0.563. The van der Waals surface area contributed by atoms with Crippen LogP contribution in [0.15, 0.2) is 18.2 Å². The van der Waals surface area contributed by atoms with Crippen LogP contribution >= 0.6 is 0 Å². The SMILES string of the molecule is COC(=O)N1CCC(N)c2ccc(OC)cc21. The minimum absolute atomic E-state index is 0.0446. The van der Waals surface area contributed by atoms with Crippen LogP contribution in [0, 0.1) is 0 Å². The van der Waals surface area contributed by atoms with Gasteiger partial charge in [-0.3, -0.25) is 4.90 Å². The van der Waals surface area contributed by atoms with E-state index in [1.54, 1.807) is 12.0 Å². The van der Waals surface area contributed by atoms with Crippen molar-refractivity contribution in [2.75, 3.05) is 25.7 Å². The van der Waals surface area contributed by atoms with Gasteiger partial charge in [0.1, 0.15) is 5.75 Å². The molecule has 1 unspecified atom stereocenters. The van der Waals surface area contributed by atoms with Gasteiger partial charge < -0.3 is 15.2 Å². The summed E-state index contributed by atoms with van der Waals surface area (Å²) >= 11 is 0. The second kappa shape index (κ2) is 4.63. The quantitative estimate of drug-likeness (QED) is 0.805. The Balaban J connectivity index is 2.44. The molecule has 0 radical (unpaired) electrons. The van der Waals surface area contributed by atoms with Crippen molar-refractivity contribution in [1.29, 1.82) is 0 Å². The molecule has 1 aromatic carbocycles. The number of methoxy groups -OCH3 is 2. The molecule has 0 aliphatic carbocycles. The average Bonchev–Trinajstić information content (AvgIpc) is 2.38. The van der Waals surface area contributed by atoms with Crippen LogP contribution in [0.2, 0.25) is 0 Å². The molecular weight excluding hydrogens is 220 g/mol. The average molecular weight is 236 g/mol. The van der Waals surface area contributed by atoms with Gasteiger partial charge in [-0.05, 0) is 18.1 Å². The predicted octanol–water partition coefficient (Wildman–Crippen LogP) is 1.67. The maximum atomic E-state index is 11.7. The Hall–Kier alpha value is -1.75. The Morgan fingerprint density at radius 3 is 2.88 bits per heavy atom. The van der Waals surface area contributed by atoms with E-state index in [9.17, 15) is 4.79 Å². The summed E-state index contributed by atoms with van der Waals surface area (Å²) < 4.78 is 9.92. The van der Waals surface area contributed by atoms with Gasteiger partial charge in [0.25, 0.3) is 0 Å². The van der Waals surface area contributed by atoms with Gasteiger partial charge in [-0.2, -0.15) is 0 Å². The second-order valence-electron chi connectivity index (χ2n) is 3.94. The third-order valence-corrected chi connectivity index (χ3v) is 2.99. The number of carbonyl (C=O) groups excluding carboxylic acids is 1. The number of rotatable bonds is 1. The Kier molecular flexibility index (Phi) is 3.19. The summed E-state index contributed by atoms with van der Waals surface area (Å²) in [5, 5.41) is 0. The smallest absolute Gasteiger partial charge is 0.414 e. The number of ether oxygens (including phenoxy) is 2. The summed E-state index contributed by atoms with van der Waals surface area (Å²) in [5.41, 5.74) is 7.74. The summed E-state index contributed by atoms with van der Waals surface area (Å²) in [7, 11) is 2.96. The van der Waals surface area contributed by atoms with Gasteiger partial charge in [-0.15, -0.1) is 0 Å². The number of hydrogen-bond donors (Lipinski definition) is 1. The molecule has 0 bridgehead atoms. The lowest BCUT2D eigenvalue weighted by molar-refractivity contribution is 0.178. The molecule has 0 saturated carbocycles.